The Balaban J connectivity index is 3.21. The molecule has 1 saturated heterocycles. The molecule has 104 valence electrons. The molecule has 2 heteroatoms. The normalized spacial score (nSPS) is 21.8. The van der Waals surface area contributed by atoms with Crippen LogP contribution in [0.25, 0.3) is 0 Å². The van der Waals surface area contributed by atoms with Gasteiger partial charge in [-0.05, 0) is 31.6 Å². The van der Waals surface area contributed by atoms with Crippen molar-refractivity contribution in [2.45, 2.75) is 37.6 Å². The second-order valence-corrected chi connectivity index (χ2v) is 5.14. The van der Waals surface area contributed by atoms with Crippen molar-refractivity contribution in [1.29, 1.82) is 0 Å². The van der Waals surface area contributed by atoms with E-state index in [-0.39, 0.29) is 11.4 Å². The van der Waals surface area contributed by atoms with Gasteiger partial charge in [-0.1, -0.05) is 24.3 Å². The van der Waals surface area contributed by atoms with E-state index >= 15 is 0 Å². The van der Waals surface area contributed by atoms with Crippen LogP contribution in [0.15, 0.2) is 50.6 Å². The van der Waals surface area contributed by atoms with E-state index in [9.17, 15) is 4.79 Å². The van der Waals surface area contributed by atoms with Crippen LogP contribution in [0.5, 0.6) is 0 Å². The van der Waals surface area contributed by atoms with E-state index in [1.807, 2.05) is 23.1 Å². The smallest absolute Gasteiger partial charge is 0.223 e. The van der Waals surface area contributed by atoms with Crippen molar-refractivity contribution in [1.82, 2.24) is 4.90 Å². The maximum atomic E-state index is 12.3. The highest BCUT2D eigenvalue weighted by Crippen LogP contribution is 2.42. The summed E-state index contributed by atoms with van der Waals surface area (Å²) >= 11 is 0. The summed E-state index contributed by atoms with van der Waals surface area (Å²) in [7, 11) is 0. The molecule has 0 aromatic rings. The van der Waals surface area contributed by atoms with E-state index in [0.29, 0.717) is 18.9 Å². The molecule has 1 aliphatic heterocycles. The zero-order chi connectivity index (χ0) is 14.3. The van der Waals surface area contributed by atoms with Gasteiger partial charge < -0.3 is 4.90 Å². The number of carbonyl (C=O) groups is 1. The SMILES string of the molecule is C=CCC1CCC(=O)N(CC=C)C1(CC=C)CC=C. The standard InChI is InChI=1S/C17H25NO/c1-5-9-15-10-11-16(19)18(14-8-4)17(15,12-6-2)13-7-3/h5-8,15H,1-4,9-14H2. The fraction of sp³-hybridized carbons (Fsp3) is 0.471. The van der Waals surface area contributed by atoms with Crippen LogP contribution >= 0.6 is 0 Å². The zero-order valence-electron chi connectivity index (χ0n) is 11.8. The summed E-state index contributed by atoms with van der Waals surface area (Å²) in [6.45, 7) is 16.0. The molecule has 19 heavy (non-hydrogen) atoms. The Morgan fingerprint density at radius 3 is 2.21 bits per heavy atom. The van der Waals surface area contributed by atoms with E-state index < -0.39 is 0 Å². The zero-order valence-corrected chi connectivity index (χ0v) is 11.8. The third kappa shape index (κ3) is 3.06. The molecule has 1 unspecified atom stereocenters. The quantitative estimate of drug-likeness (QED) is 0.606. The number of amides is 1. The lowest BCUT2D eigenvalue weighted by Crippen LogP contribution is -2.59. The van der Waals surface area contributed by atoms with E-state index in [0.717, 1.165) is 25.7 Å². The number of rotatable bonds is 8. The maximum Gasteiger partial charge on any atom is 0.223 e. The molecule has 1 rings (SSSR count). The number of hydrogen-bond acceptors (Lipinski definition) is 1. The molecule has 1 fully saturated rings. The Morgan fingerprint density at radius 1 is 1.11 bits per heavy atom. The van der Waals surface area contributed by atoms with Crippen LogP contribution in [0.4, 0.5) is 0 Å². The first-order valence-corrected chi connectivity index (χ1v) is 6.90. The second-order valence-electron chi connectivity index (χ2n) is 5.14. The third-order valence-corrected chi connectivity index (χ3v) is 4.06. The topological polar surface area (TPSA) is 20.3 Å². The Hall–Kier alpha value is -1.57. The maximum absolute atomic E-state index is 12.3. The molecule has 0 N–H and O–H groups in total. The minimum atomic E-state index is -0.207. The Bertz CT molecular complexity index is 359. The Kier molecular flexibility index (Phi) is 5.81. The highest BCUT2D eigenvalue weighted by molar-refractivity contribution is 5.78. The van der Waals surface area contributed by atoms with Gasteiger partial charge >= 0.3 is 0 Å². The van der Waals surface area contributed by atoms with E-state index in [1.165, 1.54) is 0 Å². The lowest BCUT2D eigenvalue weighted by molar-refractivity contribution is -0.145. The van der Waals surface area contributed by atoms with Crippen molar-refractivity contribution in [2.75, 3.05) is 6.54 Å². The third-order valence-electron chi connectivity index (χ3n) is 4.06. The van der Waals surface area contributed by atoms with E-state index in [4.69, 9.17) is 0 Å². The van der Waals surface area contributed by atoms with Gasteiger partial charge in [0, 0.05) is 13.0 Å². The lowest BCUT2D eigenvalue weighted by atomic mass is 9.70. The highest BCUT2D eigenvalue weighted by Gasteiger charge is 2.46. The number of likely N-dealkylation sites (tertiary alicyclic amines) is 1. The van der Waals surface area contributed by atoms with Gasteiger partial charge in [-0.15, -0.1) is 26.3 Å². The number of piperidine rings is 1. The van der Waals surface area contributed by atoms with E-state index in [2.05, 4.69) is 26.3 Å². The van der Waals surface area contributed by atoms with Crippen LogP contribution < -0.4 is 0 Å². The van der Waals surface area contributed by atoms with Crippen molar-refractivity contribution in [3.63, 3.8) is 0 Å². The molecule has 0 aliphatic carbocycles. The van der Waals surface area contributed by atoms with Gasteiger partial charge in [0.05, 0.1) is 5.54 Å². The molecule has 0 saturated carbocycles. The predicted molar refractivity (Wildman–Crippen MR) is 81.8 cm³/mol. The Labute approximate surface area is 117 Å². The van der Waals surface area contributed by atoms with E-state index in [1.54, 1.807) is 6.08 Å². The number of carbonyl (C=O) groups excluding carboxylic acids is 1. The van der Waals surface area contributed by atoms with Gasteiger partial charge in [-0.25, -0.2) is 0 Å². The first kappa shape index (κ1) is 15.5. The summed E-state index contributed by atoms with van der Waals surface area (Å²) in [5, 5.41) is 0. The first-order chi connectivity index (χ1) is 9.16. The van der Waals surface area contributed by atoms with Crippen LogP contribution in [-0.2, 0) is 4.79 Å². The Morgan fingerprint density at radius 2 is 1.74 bits per heavy atom. The van der Waals surface area contributed by atoms with Crippen LogP contribution in [0.3, 0.4) is 0 Å². The molecular weight excluding hydrogens is 234 g/mol. The molecular formula is C17H25NO. The van der Waals surface area contributed by atoms with Gasteiger partial charge in [0.2, 0.25) is 5.91 Å². The monoisotopic (exact) mass is 259 g/mol. The molecule has 1 aliphatic rings. The second kappa shape index (κ2) is 7.13. The summed E-state index contributed by atoms with van der Waals surface area (Å²) in [4.78, 5) is 14.3. The summed E-state index contributed by atoms with van der Waals surface area (Å²) in [5.74, 6) is 0.627. The van der Waals surface area contributed by atoms with Crippen LogP contribution in [0.1, 0.15) is 32.1 Å². The molecule has 0 aromatic heterocycles. The average molecular weight is 259 g/mol. The fourth-order valence-electron chi connectivity index (χ4n) is 3.26. The van der Waals surface area contributed by atoms with Gasteiger partial charge in [-0.2, -0.15) is 0 Å². The lowest BCUT2D eigenvalue weighted by Gasteiger charge is -2.51. The largest absolute Gasteiger partial charge is 0.332 e. The molecule has 0 spiro atoms. The minimum Gasteiger partial charge on any atom is -0.332 e. The molecule has 1 atom stereocenters. The van der Waals surface area contributed by atoms with Crippen molar-refractivity contribution in [3.05, 3.63) is 50.6 Å². The molecule has 0 aromatic carbocycles. The molecule has 0 bridgehead atoms. The van der Waals surface area contributed by atoms with Gasteiger partial charge in [0.25, 0.3) is 0 Å². The average Bonchev–Trinajstić information content (AvgIpc) is 2.39. The van der Waals surface area contributed by atoms with Crippen LogP contribution in [0.2, 0.25) is 0 Å². The predicted octanol–water partition coefficient (Wildman–Crippen LogP) is 3.88. The number of hydrogen-bond donors (Lipinski definition) is 0. The van der Waals surface area contributed by atoms with Crippen molar-refractivity contribution >= 4 is 5.91 Å². The van der Waals surface area contributed by atoms with Crippen LogP contribution in [0, 0.1) is 5.92 Å². The molecule has 0 radical (unpaired) electrons. The molecule has 2 nitrogen and oxygen atoms in total. The van der Waals surface area contributed by atoms with Gasteiger partial charge in [0.15, 0.2) is 0 Å². The number of nitrogens with zero attached hydrogens (tertiary/aromatic N) is 1. The van der Waals surface area contributed by atoms with Crippen molar-refractivity contribution in [3.8, 4) is 0 Å². The van der Waals surface area contributed by atoms with Crippen LogP contribution in [-0.4, -0.2) is 22.9 Å². The summed E-state index contributed by atoms with van der Waals surface area (Å²) in [5.41, 5.74) is -0.207. The highest BCUT2D eigenvalue weighted by atomic mass is 16.2. The number of allylic oxidation sites excluding steroid dienone is 1. The summed E-state index contributed by atoms with van der Waals surface area (Å²) in [6, 6.07) is 0. The van der Waals surface area contributed by atoms with Gasteiger partial charge in [-0.3, -0.25) is 4.79 Å². The summed E-state index contributed by atoms with van der Waals surface area (Å²) in [6.07, 6.45) is 11.6. The van der Waals surface area contributed by atoms with Crippen molar-refractivity contribution in [2.24, 2.45) is 5.92 Å². The molecule has 1 amide bonds. The van der Waals surface area contributed by atoms with Gasteiger partial charge in [0.1, 0.15) is 0 Å². The fourth-order valence-corrected chi connectivity index (χ4v) is 3.26. The minimum absolute atomic E-state index is 0.207. The molecule has 1 heterocycles. The first-order valence-electron chi connectivity index (χ1n) is 6.90. The van der Waals surface area contributed by atoms with Crippen molar-refractivity contribution < 1.29 is 4.79 Å². The summed E-state index contributed by atoms with van der Waals surface area (Å²) < 4.78 is 0.